The van der Waals surface area contributed by atoms with Crippen LogP contribution >= 0.6 is 0 Å². The normalized spacial score (nSPS) is 20.2. The van der Waals surface area contributed by atoms with Crippen LogP contribution in [-0.4, -0.2) is 91.8 Å². The van der Waals surface area contributed by atoms with Crippen LogP contribution < -0.4 is 0 Å². The van der Waals surface area contributed by atoms with Gasteiger partial charge in [0.1, 0.15) is 11.6 Å². The number of halogens is 1. The lowest BCUT2D eigenvalue weighted by molar-refractivity contribution is -0.140. The van der Waals surface area contributed by atoms with Gasteiger partial charge in [0.25, 0.3) is 11.7 Å². The second kappa shape index (κ2) is 12.4. The first-order chi connectivity index (χ1) is 18.7. The molecule has 210 valence electrons. The number of ketones is 1. The quantitative estimate of drug-likeness (QED) is 0.271. The Balaban J connectivity index is 1.67. The Kier molecular flexibility index (Phi) is 9.16. The molecule has 1 N–H and O–H groups in total. The maximum atomic E-state index is 13.7. The zero-order valence-corrected chi connectivity index (χ0v) is 23.0. The molecule has 0 bridgehead atoms. The first-order valence-electron chi connectivity index (χ1n) is 13.1. The van der Waals surface area contributed by atoms with Crippen LogP contribution in [0.4, 0.5) is 4.39 Å². The Bertz CT molecular complexity index is 1320. The molecule has 2 aromatic carbocycles. The topological polar surface area (TPSA) is 107 Å². The highest BCUT2D eigenvalue weighted by Crippen LogP contribution is 2.39. The predicted molar refractivity (Wildman–Crippen MR) is 144 cm³/mol. The number of hydrogen-bond acceptors (Lipinski definition) is 7. The van der Waals surface area contributed by atoms with Crippen molar-refractivity contribution in [3.63, 3.8) is 0 Å². The summed E-state index contributed by atoms with van der Waals surface area (Å²) in [7, 11) is -3.71. The molecule has 4 rings (SSSR count). The maximum absolute atomic E-state index is 13.7. The van der Waals surface area contributed by atoms with Crippen molar-refractivity contribution in [1.82, 2.24) is 14.1 Å². The van der Waals surface area contributed by atoms with Crippen LogP contribution in [0.15, 0.2) is 59.0 Å². The van der Waals surface area contributed by atoms with E-state index in [0.29, 0.717) is 44.8 Å². The standard InChI is InChI=1S/C28H34FN3O6S/c1-3-31(4-2)39(36,37)23-12-8-21(9-13-23)26(33)24-25(20-6-10-22(29)11-7-20)32(28(35)27(24)34)15-5-14-30-16-18-38-19-17-30/h6-13,25,33H,3-5,14-19H2,1-2H3. The molecule has 2 heterocycles. The Morgan fingerprint density at radius 1 is 1.00 bits per heavy atom. The van der Waals surface area contributed by atoms with Gasteiger partial charge in [-0.3, -0.25) is 14.5 Å². The third-order valence-corrected chi connectivity index (χ3v) is 9.24. The number of morpholine rings is 1. The van der Waals surface area contributed by atoms with Gasteiger partial charge >= 0.3 is 0 Å². The molecule has 0 saturated carbocycles. The number of sulfonamides is 1. The summed E-state index contributed by atoms with van der Waals surface area (Å²) in [4.78, 5) is 30.1. The monoisotopic (exact) mass is 559 g/mol. The second-order valence-electron chi connectivity index (χ2n) is 9.47. The summed E-state index contributed by atoms with van der Waals surface area (Å²) >= 11 is 0. The molecule has 39 heavy (non-hydrogen) atoms. The van der Waals surface area contributed by atoms with E-state index in [9.17, 15) is 27.5 Å². The van der Waals surface area contributed by atoms with Crippen molar-refractivity contribution in [3.8, 4) is 0 Å². The van der Waals surface area contributed by atoms with Gasteiger partial charge in [-0.1, -0.05) is 26.0 Å². The van der Waals surface area contributed by atoms with Gasteiger partial charge in [0.05, 0.1) is 29.7 Å². The van der Waals surface area contributed by atoms with Crippen LogP contribution in [0.3, 0.4) is 0 Å². The minimum atomic E-state index is -3.71. The summed E-state index contributed by atoms with van der Waals surface area (Å²) in [5.74, 6) is -2.46. The van der Waals surface area contributed by atoms with Crippen molar-refractivity contribution in [3.05, 3.63) is 71.0 Å². The van der Waals surface area contributed by atoms with Gasteiger partial charge in [-0.05, 0) is 48.4 Å². The number of hydrogen-bond donors (Lipinski definition) is 1. The molecule has 9 nitrogen and oxygen atoms in total. The van der Waals surface area contributed by atoms with E-state index < -0.39 is 39.3 Å². The highest BCUT2D eigenvalue weighted by atomic mass is 32.2. The smallest absolute Gasteiger partial charge is 0.295 e. The van der Waals surface area contributed by atoms with Crippen molar-refractivity contribution in [2.45, 2.75) is 31.2 Å². The molecule has 11 heteroatoms. The molecule has 0 aromatic heterocycles. The van der Waals surface area contributed by atoms with E-state index in [4.69, 9.17) is 4.74 Å². The third kappa shape index (κ3) is 6.06. The number of carbonyl (C=O) groups excluding carboxylic acids is 2. The minimum absolute atomic E-state index is 0.0569. The lowest BCUT2D eigenvalue weighted by atomic mass is 9.95. The number of likely N-dealkylation sites (tertiary alicyclic amines) is 1. The molecule has 0 spiro atoms. The summed E-state index contributed by atoms with van der Waals surface area (Å²) < 4.78 is 46.1. The molecule has 2 aliphatic rings. The number of amides is 1. The molecular weight excluding hydrogens is 525 g/mol. The van der Waals surface area contributed by atoms with Crippen molar-refractivity contribution < 1.29 is 32.2 Å². The van der Waals surface area contributed by atoms with Gasteiger partial charge in [-0.15, -0.1) is 0 Å². The average Bonchev–Trinajstić information content (AvgIpc) is 3.19. The Morgan fingerprint density at radius 3 is 2.21 bits per heavy atom. The SMILES string of the molecule is CCN(CC)S(=O)(=O)c1ccc(C(O)=C2C(=O)C(=O)N(CCCN3CCOCC3)C2c2ccc(F)cc2)cc1. The number of rotatable bonds is 10. The van der Waals surface area contributed by atoms with Gasteiger partial charge in [0.2, 0.25) is 10.0 Å². The van der Waals surface area contributed by atoms with Crippen molar-refractivity contribution >= 4 is 27.5 Å². The molecule has 2 aliphatic heterocycles. The second-order valence-corrected chi connectivity index (χ2v) is 11.4. The van der Waals surface area contributed by atoms with Gasteiger partial charge in [0, 0.05) is 44.8 Å². The summed E-state index contributed by atoms with van der Waals surface area (Å²) in [6.45, 7) is 7.98. The summed E-state index contributed by atoms with van der Waals surface area (Å²) in [6.07, 6.45) is 0.600. The largest absolute Gasteiger partial charge is 0.507 e. The molecule has 0 aliphatic carbocycles. The Labute approximate surface area is 228 Å². The number of ether oxygens (including phenoxy) is 1. The summed E-state index contributed by atoms with van der Waals surface area (Å²) in [5.41, 5.74) is 0.577. The van der Waals surface area contributed by atoms with Gasteiger partial charge in [-0.25, -0.2) is 12.8 Å². The van der Waals surface area contributed by atoms with Crippen molar-refractivity contribution in [1.29, 1.82) is 0 Å². The highest BCUT2D eigenvalue weighted by molar-refractivity contribution is 7.89. The number of Topliss-reactive ketones (excluding diaryl/α,β-unsaturated/α-hetero) is 1. The van der Waals surface area contributed by atoms with Crippen molar-refractivity contribution in [2.75, 3.05) is 52.5 Å². The van der Waals surface area contributed by atoms with Crippen LogP contribution in [0.25, 0.3) is 5.76 Å². The Morgan fingerprint density at radius 2 is 1.62 bits per heavy atom. The molecule has 2 saturated heterocycles. The lowest BCUT2D eigenvalue weighted by Gasteiger charge is -2.29. The van der Waals surface area contributed by atoms with E-state index in [1.54, 1.807) is 13.8 Å². The fraction of sp³-hybridized carbons (Fsp3) is 0.429. The molecule has 1 amide bonds. The predicted octanol–water partition coefficient (Wildman–Crippen LogP) is 3.00. The summed E-state index contributed by atoms with van der Waals surface area (Å²) in [5, 5.41) is 11.3. The first kappa shape index (κ1) is 28.9. The minimum Gasteiger partial charge on any atom is -0.507 e. The lowest BCUT2D eigenvalue weighted by Crippen LogP contribution is -2.38. The number of aliphatic hydroxyl groups is 1. The van der Waals surface area contributed by atoms with E-state index in [2.05, 4.69) is 4.90 Å². The van der Waals surface area contributed by atoms with Crippen molar-refractivity contribution in [2.24, 2.45) is 0 Å². The van der Waals surface area contributed by atoms with Crippen LogP contribution in [-0.2, 0) is 24.3 Å². The molecule has 0 radical (unpaired) electrons. The van der Waals surface area contributed by atoms with E-state index in [0.717, 1.165) is 13.1 Å². The highest BCUT2D eigenvalue weighted by Gasteiger charge is 2.45. The zero-order valence-electron chi connectivity index (χ0n) is 22.2. The molecule has 1 atom stereocenters. The van der Waals surface area contributed by atoms with E-state index >= 15 is 0 Å². The summed E-state index contributed by atoms with van der Waals surface area (Å²) in [6, 6.07) is 10.1. The van der Waals surface area contributed by atoms with Gasteiger partial charge < -0.3 is 14.7 Å². The van der Waals surface area contributed by atoms with E-state index in [-0.39, 0.29) is 22.6 Å². The number of nitrogens with zero attached hydrogens (tertiary/aromatic N) is 3. The number of carbonyl (C=O) groups is 2. The zero-order chi connectivity index (χ0) is 28.2. The fourth-order valence-corrected chi connectivity index (χ4v) is 6.50. The van der Waals surface area contributed by atoms with Crippen LogP contribution in [0.2, 0.25) is 0 Å². The number of benzene rings is 2. The van der Waals surface area contributed by atoms with E-state index in [1.807, 2.05) is 0 Å². The molecule has 2 aromatic rings. The molecular formula is C28H34FN3O6S. The number of aliphatic hydroxyl groups excluding tert-OH is 1. The van der Waals surface area contributed by atoms with Gasteiger partial charge in [-0.2, -0.15) is 4.31 Å². The average molecular weight is 560 g/mol. The molecule has 1 unspecified atom stereocenters. The maximum Gasteiger partial charge on any atom is 0.295 e. The van der Waals surface area contributed by atoms with Crippen LogP contribution in [0.5, 0.6) is 0 Å². The van der Waals surface area contributed by atoms with Gasteiger partial charge in [0.15, 0.2) is 0 Å². The fourth-order valence-electron chi connectivity index (χ4n) is 5.04. The first-order valence-corrected chi connectivity index (χ1v) is 14.6. The molecule has 2 fully saturated rings. The third-order valence-electron chi connectivity index (χ3n) is 7.17. The van der Waals surface area contributed by atoms with Crippen LogP contribution in [0, 0.1) is 5.82 Å². The van der Waals surface area contributed by atoms with E-state index in [1.165, 1.54) is 57.7 Å². The Hall–Kier alpha value is -3.12. The van der Waals surface area contributed by atoms with Crippen LogP contribution in [0.1, 0.15) is 37.4 Å².